The van der Waals surface area contributed by atoms with Crippen molar-refractivity contribution in [3.8, 4) is 5.75 Å². The van der Waals surface area contributed by atoms with E-state index in [1.807, 2.05) is 0 Å². The number of halogens is 1. The second kappa shape index (κ2) is 5.35. The predicted octanol–water partition coefficient (Wildman–Crippen LogP) is 1.33. The number of hydrogen-bond acceptors (Lipinski definition) is 3. The Morgan fingerprint density at radius 3 is 2.89 bits per heavy atom. The Labute approximate surface area is 105 Å². The van der Waals surface area contributed by atoms with Gasteiger partial charge in [0.05, 0.1) is 13.2 Å². The zero-order valence-corrected chi connectivity index (χ0v) is 10.1. The standard InChI is InChI=1S/C13H16FNO3/c1-18-12-5-4-9(6-10(12)14)13(17)15-7-11(16)8-2-3-8/h4-6,8,11,16H,2-3,7H2,1H3,(H,15,17). The second-order valence-electron chi connectivity index (χ2n) is 4.46. The molecule has 0 bridgehead atoms. The Balaban J connectivity index is 1.93. The Morgan fingerprint density at radius 2 is 2.33 bits per heavy atom. The van der Waals surface area contributed by atoms with E-state index >= 15 is 0 Å². The summed E-state index contributed by atoms with van der Waals surface area (Å²) < 4.78 is 18.2. The number of aliphatic hydroxyl groups excluding tert-OH is 1. The van der Waals surface area contributed by atoms with E-state index in [4.69, 9.17) is 4.74 Å². The highest BCUT2D eigenvalue weighted by atomic mass is 19.1. The topological polar surface area (TPSA) is 58.6 Å². The minimum absolute atomic E-state index is 0.101. The monoisotopic (exact) mass is 253 g/mol. The highest BCUT2D eigenvalue weighted by Gasteiger charge is 2.29. The molecular formula is C13H16FNO3. The highest BCUT2D eigenvalue weighted by molar-refractivity contribution is 5.94. The van der Waals surface area contributed by atoms with Crippen molar-refractivity contribution in [2.75, 3.05) is 13.7 Å². The van der Waals surface area contributed by atoms with Crippen LogP contribution in [0.3, 0.4) is 0 Å². The molecule has 0 radical (unpaired) electrons. The molecule has 18 heavy (non-hydrogen) atoms. The fourth-order valence-corrected chi connectivity index (χ4v) is 1.75. The van der Waals surface area contributed by atoms with Crippen molar-refractivity contribution in [2.24, 2.45) is 5.92 Å². The maximum Gasteiger partial charge on any atom is 0.251 e. The minimum Gasteiger partial charge on any atom is -0.494 e. The average molecular weight is 253 g/mol. The molecule has 0 saturated heterocycles. The van der Waals surface area contributed by atoms with E-state index in [0.29, 0.717) is 5.92 Å². The van der Waals surface area contributed by atoms with Crippen molar-refractivity contribution < 1.29 is 19.0 Å². The number of aliphatic hydroxyl groups is 1. The van der Waals surface area contributed by atoms with E-state index in [1.165, 1.54) is 19.2 Å². The Morgan fingerprint density at radius 1 is 1.61 bits per heavy atom. The lowest BCUT2D eigenvalue weighted by molar-refractivity contribution is 0.0900. The molecule has 1 atom stereocenters. The number of methoxy groups -OCH3 is 1. The van der Waals surface area contributed by atoms with Gasteiger partial charge in [0.25, 0.3) is 5.91 Å². The smallest absolute Gasteiger partial charge is 0.251 e. The Hall–Kier alpha value is -1.62. The SMILES string of the molecule is COc1ccc(C(=O)NCC(O)C2CC2)cc1F. The van der Waals surface area contributed by atoms with Crippen molar-refractivity contribution in [1.82, 2.24) is 5.32 Å². The van der Waals surface area contributed by atoms with Crippen molar-refractivity contribution in [2.45, 2.75) is 18.9 Å². The van der Waals surface area contributed by atoms with Gasteiger partial charge in [-0.25, -0.2) is 4.39 Å². The molecule has 5 heteroatoms. The molecule has 1 fully saturated rings. The molecule has 0 aromatic heterocycles. The number of ether oxygens (including phenoxy) is 1. The molecule has 1 aromatic rings. The molecule has 1 aliphatic carbocycles. The number of rotatable bonds is 5. The average Bonchev–Trinajstić information content (AvgIpc) is 3.19. The largest absolute Gasteiger partial charge is 0.494 e. The van der Waals surface area contributed by atoms with Gasteiger partial charge in [0.1, 0.15) is 0 Å². The van der Waals surface area contributed by atoms with Gasteiger partial charge < -0.3 is 15.2 Å². The van der Waals surface area contributed by atoms with Gasteiger partial charge in [0, 0.05) is 12.1 Å². The molecule has 2 rings (SSSR count). The first-order valence-corrected chi connectivity index (χ1v) is 5.91. The first-order valence-electron chi connectivity index (χ1n) is 5.91. The molecule has 4 nitrogen and oxygen atoms in total. The summed E-state index contributed by atoms with van der Waals surface area (Å²) in [5.41, 5.74) is 0.219. The zero-order valence-electron chi connectivity index (χ0n) is 10.1. The maximum absolute atomic E-state index is 13.4. The summed E-state index contributed by atoms with van der Waals surface area (Å²) >= 11 is 0. The van der Waals surface area contributed by atoms with Crippen LogP contribution >= 0.6 is 0 Å². The molecule has 98 valence electrons. The first kappa shape index (κ1) is 12.8. The van der Waals surface area contributed by atoms with Crippen molar-refractivity contribution in [3.05, 3.63) is 29.6 Å². The van der Waals surface area contributed by atoms with Gasteiger partial charge >= 0.3 is 0 Å². The number of benzene rings is 1. The van der Waals surface area contributed by atoms with Crippen molar-refractivity contribution in [3.63, 3.8) is 0 Å². The van der Waals surface area contributed by atoms with Crippen LogP contribution in [-0.2, 0) is 0 Å². The molecular weight excluding hydrogens is 237 g/mol. The summed E-state index contributed by atoms with van der Waals surface area (Å²) in [7, 11) is 1.37. The molecule has 1 saturated carbocycles. The Kier molecular flexibility index (Phi) is 3.81. The lowest BCUT2D eigenvalue weighted by Crippen LogP contribution is -2.33. The van der Waals surface area contributed by atoms with Crippen LogP contribution in [0.2, 0.25) is 0 Å². The molecule has 1 aromatic carbocycles. The van der Waals surface area contributed by atoms with Crippen LogP contribution in [0.5, 0.6) is 5.75 Å². The van der Waals surface area contributed by atoms with E-state index < -0.39 is 17.8 Å². The van der Waals surface area contributed by atoms with Crippen LogP contribution in [0.25, 0.3) is 0 Å². The quantitative estimate of drug-likeness (QED) is 0.832. The van der Waals surface area contributed by atoms with Gasteiger partial charge in [-0.2, -0.15) is 0 Å². The number of hydrogen-bond donors (Lipinski definition) is 2. The summed E-state index contributed by atoms with van der Waals surface area (Å²) in [5.74, 6) is -0.563. The molecule has 1 aliphatic rings. The second-order valence-corrected chi connectivity index (χ2v) is 4.46. The van der Waals surface area contributed by atoms with Crippen molar-refractivity contribution in [1.29, 1.82) is 0 Å². The number of carbonyl (C=O) groups excluding carboxylic acids is 1. The van der Waals surface area contributed by atoms with E-state index in [0.717, 1.165) is 18.9 Å². The van der Waals surface area contributed by atoms with E-state index in [-0.39, 0.29) is 17.9 Å². The summed E-state index contributed by atoms with van der Waals surface area (Å²) in [4.78, 5) is 11.7. The number of nitrogens with one attached hydrogen (secondary N) is 1. The summed E-state index contributed by atoms with van der Waals surface area (Å²) in [6, 6.07) is 4.01. The third kappa shape index (κ3) is 2.98. The fraction of sp³-hybridized carbons (Fsp3) is 0.462. The maximum atomic E-state index is 13.4. The highest BCUT2D eigenvalue weighted by Crippen LogP contribution is 2.32. The number of amides is 1. The fourth-order valence-electron chi connectivity index (χ4n) is 1.75. The van der Waals surface area contributed by atoms with Gasteiger partial charge in [-0.3, -0.25) is 4.79 Å². The van der Waals surface area contributed by atoms with Gasteiger partial charge in [-0.15, -0.1) is 0 Å². The third-order valence-electron chi connectivity index (χ3n) is 3.05. The summed E-state index contributed by atoms with van der Waals surface area (Å²) in [6.07, 6.45) is 1.51. The summed E-state index contributed by atoms with van der Waals surface area (Å²) in [5, 5.41) is 12.2. The molecule has 0 spiro atoms. The van der Waals surface area contributed by atoms with E-state index in [9.17, 15) is 14.3 Å². The molecule has 2 N–H and O–H groups in total. The third-order valence-corrected chi connectivity index (χ3v) is 3.05. The summed E-state index contributed by atoms with van der Waals surface area (Å²) in [6.45, 7) is 0.206. The van der Waals surface area contributed by atoms with Gasteiger partial charge in [-0.05, 0) is 37.0 Å². The van der Waals surface area contributed by atoms with Gasteiger partial charge in [0.2, 0.25) is 0 Å². The normalized spacial score (nSPS) is 16.2. The van der Waals surface area contributed by atoms with Crippen molar-refractivity contribution >= 4 is 5.91 Å². The van der Waals surface area contributed by atoms with Crippen LogP contribution in [0.4, 0.5) is 4.39 Å². The lowest BCUT2D eigenvalue weighted by atomic mass is 10.2. The molecule has 0 heterocycles. The Bertz CT molecular complexity index is 446. The predicted molar refractivity (Wildman–Crippen MR) is 64.0 cm³/mol. The van der Waals surface area contributed by atoms with E-state index in [1.54, 1.807) is 0 Å². The van der Waals surface area contributed by atoms with Crippen LogP contribution < -0.4 is 10.1 Å². The van der Waals surface area contributed by atoms with E-state index in [2.05, 4.69) is 5.32 Å². The van der Waals surface area contributed by atoms with Gasteiger partial charge in [0.15, 0.2) is 11.6 Å². The lowest BCUT2D eigenvalue weighted by Gasteiger charge is -2.11. The molecule has 1 amide bonds. The van der Waals surface area contributed by atoms with Crippen LogP contribution in [-0.4, -0.2) is 30.8 Å². The van der Waals surface area contributed by atoms with Crippen LogP contribution in [0.15, 0.2) is 18.2 Å². The zero-order chi connectivity index (χ0) is 13.1. The molecule has 0 aliphatic heterocycles. The molecule has 1 unspecified atom stereocenters. The number of carbonyl (C=O) groups is 1. The minimum atomic E-state index is -0.576. The first-order chi connectivity index (χ1) is 8.61. The van der Waals surface area contributed by atoms with Crippen LogP contribution in [0.1, 0.15) is 23.2 Å². The van der Waals surface area contributed by atoms with Gasteiger partial charge in [-0.1, -0.05) is 0 Å². The van der Waals surface area contributed by atoms with Crippen LogP contribution in [0, 0.1) is 11.7 Å².